The molecule has 0 aliphatic carbocycles. The summed E-state index contributed by atoms with van der Waals surface area (Å²) in [7, 11) is -3.94. The van der Waals surface area contributed by atoms with Crippen molar-refractivity contribution in [3.8, 4) is 0 Å². The molecule has 1 aliphatic rings. The van der Waals surface area contributed by atoms with Gasteiger partial charge in [0.15, 0.2) is 5.60 Å². The normalized spacial score (nSPS) is 20.1. The molecule has 1 aliphatic heterocycles. The monoisotopic (exact) mass is 537 g/mol. The molecule has 0 radical (unpaired) electrons. The Morgan fingerprint density at radius 2 is 1.62 bits per heavy atom. The molecule has 1 unspecified atom stereocenters. The number of hydrogen-bond acceptors (Lipinski definition) is 3. The average molecular weight is 538 g/mol. The third kappa shape index (κ3) is 3.18. The van der Waals surface area contributed by atoms with Gasteiger partial charge in [-0.15, -0.1) is 0 Å². The first-order valence-corrected chi connectivity index (χ1v) is 11.9. The van der Waals surface area contributed by atoms with Crippen LogP contribution in [0, 0.1) is 6.92 Å². The minimum Gasteiger partial charge on any atom is -0.374 e. The van der Waals surface area contributed by atoms with Gasteiger partial charge in [0.2, 0.25) is 0 Å². The molecular weight excluding hydrogens is 521 g/mol. The lowest BCUT2D eigenvalue weighted by molar-refractivity contribution is 0.128. The van der Waals surface area contributed by atoms with Crippen molar-refractivity contribution >= 4 is 49.9 Å². The molecule has 3 aromatic rings. The van der Waals surface area contributed by atoms with Gasteiger partial charge >= 0.3 is 0 Å². The van der Waals surface area contributed by atoms with Crippen molar-refractivity contribution in [3.63, 3.8) is 0 Å². The summed E-state index contributed by atoms with van der Waals surface area (Å²) < 4.78 is 30.0. The SMILES string of the molecule is Cc1ccc(S(=O)(=O)N2/C(=C/I)C(O)(c3ccc(Cl)cc3)c3ccccc32)cc1. The van der Waals surface area contributed by atoms with Gasteiger partial charge in [-0.3, -0.25) is 0 Å². The number of aliphatic hydroxyl groups is 1. The first kappa shape index (κ1) is 20.4. The minimum absolute atomic E-state index is 0.161. The molecule has 1 N–H and O–H groups in total. The van der Waals surface area contributed by atoms with Gasteiger partial charge < -0.3 is 5.11 Å². The molecule has 0 spiro atoms. The second-order valence-corrected chi connectivity index (χ2v) is 9.66. The molecule has 4 nitrogen and oxygen atoms in total. The van der Waals surface area contributed by atoms with Crippen LogP contribution in [0.3, 0.4) is 0 Å². The van der Waals surface area contributed by atoms with Crippen LogP contribution in [0.5, 0.6) is 0 Å². The van der Waals surface area contributed by atoms with Crippen LogP contribution in [0.2, 0.25) is 5.02 Å². The second kappa shape index (κ2) is 7.43. The molecule has 1 heterocycles. The highest BCUT2D eigenvalue weighted by Gasteiger charge is 2.51. The number of sulfonamides is 1. The Morgan fingerprint density at radius 3 is 2.24 bits per heavy atom. The van der Waals surface area contributed by atoms with E-state index in [1.807, 2.05) is 29.5 Å². The minimum atomic E-state index is -3.94. The molecule has 4 rings (SSSR count). The molecule has 29 heavy (non-hydrogen) atoms. The predicted octanol–water partition coefficient (Wildman–Crippen LogP) is 5.37. The molecule has 3 aromatic carbocycles. The Bertz CT molecular complexity index is 1210. The number of nitrogens with zero attached hydrogens (tertiary/aromatic N) is 1. The van der Waals surface area contributed by atoms with E-state index in [1.165, 1.54) is 4.31 Å². The fourth-order valence-electron chi connectivity index (χ4n) is 3.56. The van der Waals surface area contributed by atoms with Crippen LogP contribution in [-0.4, -0.2) is 13.5 Å². The Morgan fingerprint density at radius 1 is 1.00 bits per heavy atom. The molecular formula is C22H17ClINO3S. The first-order valence-electron chi connectivity index (χ1n) is 8.81. The summed E-state index contributed by atoms with van der Waals surface area (Å²) in [6.07, 6.45) is 0. The number of para-hydroxylation sites is 1. The summed E-state index contributed by atoms with van der Waals surface area (Å²) >= 11 is 8.00. The lowest BCUT2D eigenvalue weighted by atomic mass is 9.86. The van der Waals surface area contributed by atoms with Crippen LogP contribution in [0.25, 0.3) is 0 Å². The molecule has 0 fully saturated rings. The fourth-order valence-corrected chi connectivity index (χ4v) is 6.16. The maximum absolute atomic E-state index is 13.6. The van der Waals surface area contributed by atoms with Crippen molar-refractivity contribution < 1.29 is 13.5 Å². The van der Waals surface area contributed by atoms with Crippen LogP contribution in [0.4, 0.5) is 5.69 Å². The van der Waals surface area contributed by atoms with E-state index in [9.17, 15) is 13.5 Å². The van der Waals surface area contributed by atoms with Gasteiger partial charge in [-0.2, -0.15) is 0 Å². The number of hydrogen-bond donors (Lipinski definition) is 1. The van der Waals surface area contributed by atoms with E-state index in [4.69, 9.17) is 11.6 Å². The van der Waals surface area contributed by atoms with Crippen molar-refractivity contribution in [1.82, 2.24) is 0 Å². The van der Waals surface area contributed by atoms with Crippen LogP contribution in [0.15, 0.2) is 87.5 Å². The van der Waals surface area contributed by atoms with Gasteiger partial charge in [-0.25, -0.2) is 12.7 Å². The van der Waals surface area contributed by atoms with Gasteiger partial charge in [-0.05, 0) is 42.8 Å². The molecule has 1 atom stereocenters. The Balaban J connectivity index is 1.97. The van der Waals surface area contributed by atoms with Gasteiger partial charge in [0.25, 0.3) is 10.0 Å². The summed E-state index contributed by atoms with van der Waals surface area (Å²) in [4.78, 5) is 0.161. The molecule has 0 saturated heterocycles. The molecule has 0 amide bonds. The van der Waals surface area contributed by atoms with E-state index in [1.54, 1.807) is 76.9 Å². The predicted molar refractivity (Wildman–Crippen MR) is 124 cm³/mol. The van der Waals surface area contributed by atoms with Crippen LogP contribution in [0.1, 0.15) is 16.7 Å². The van der Waals surface area contributed by atoms with Gasteiger partial charge in [0, 0.05) is 14.7 Å². The highest BCUT2D eigenvalue weighted by atomic mass is 127. The number of anilines is 1. The van der Waals surface area contributed by atoms with Crippen LogP contribution >= 0.6 is 34.2 Å². The molecule has 0 saturated carbocycles. The summed E-state index contributed by atoms with van der Waals surface area (Å²) in [5.41, 5.74) is 1.06. The van der Waals surface area contributed by atoms with Crippen molar-refractivity contribution in [2.75, 3.05) is 4.31 Å². The van der Waals surface area contributed by atoms with Gasteiger partial charge in [-0.1, -0.05) is 82.2 Å². The van der Waals surface area contributed by atoms with Crippen molar-refractivity contribution in [2.45, 2.75) is 17.4 Å². The zero-order valence-corrected chi connectivity index (χ0v) is 19.1. The molecule has 0 aromatic heterocycles. The maximum Gasteiger partial charge on any atom is 0.268 e. The highest BCUT2D eigenvalue weighted by Crippen LogP contribution is 2.52. The topological polar surface area (TPSA) is 57.6 Å². The van der Waals surface area contributed by atoms with Crippen molar-refractivity contribution in [1.29, 1.82) is 0 Å². The van der Waals surface area contributed by atoms with Crippen molar-refractivity contribution in [3.05, 3.63) is 104 Å². The maximum atomic E-state index is 13.6. The quantitative estimate of drug-likeness (QED) is 0.457. The number of aryl methyl sites for hydroxylation is 1. The molecule has 148 valence electrons. The lowest BCUT2D eigenvalue weighted by Gasteiger charge is -2.28. The van der Waals surface area contributed by atoms with E-state index in [2.05, 4.69) is 0 Å². The standard InChI is InChI=1S/C22H17ClINO3S/c1-15-6-12-18(13-7-15)29(27,28)25-20-5-3-2-4-19(20)22(26,21(25)14-24)16-8-10-17(23)11-9-16/h2-14,26H,1H3/b21-14+. The second-order valence-electron chi connectivity index (χ2n) is 6.81. The van der Waals surface area contributed by atoms with Crippen LogP contribution < -0.4 is 4.31 Å². The highest BCUT2D eigenvalue weighted by molar-refractivity contribution is 14.1. The fraction of sp³-hybridized carbons (Fsp3) is 0.0909. The number of rotatable bonds is 3. The van der Waals surface area contributed by atoms with E-state index < -0.39 is 15.6 Å². The zero-order chi connectivity index (χ0) is 20.8. The average Bonchev–Trinajstić information content (AvgIpc) is 2.99. The van der Waals surface area contributed by atoms with Gasteiger partial charge in [0.05, 0.1) is 16.3 Å². The lowest BCUT2D eigenvalue weighted by Crippen LogP contribution is -2.35. The van der Waals surface area contributed by atoms with E-state index in [-0.39, 0.29) is 10.6 Å². The smallest absolute Gasteiger partial charge is 0.268 e. The summed E-state index contributed by atoms with van der Waals surface area (Å²) in [5.74, 6) is 0. The van der Waals surface area contributed by atoms with Gasteiger partial charge in [0.1, 0.15) is 0 Å². The Kier molecular flexibility index (Phi) is 5.23. The van der Waals surface area contributed by atoms with Crippen LogP contribution in [-0.2, 0) is 15.6 Å². The number of fused-ring (bicyclic) bond motifs is 1. The van der Waals surface area contributed by atoms with E-state index >= 15 is 0 Å². The van der Waals surface area contributed by atoms with E-state index in [0.29, 0.717) is 21.8 Å². The zero-order valence-electron chi connectivity index (χ0n) is 15.4. The van der Waals surface area contributed by atoms with Crippen molar-refractivity contribution in [2.24, 2.45) is 0 Å². The first-order chi connectivity index (χ1) is 13.8. The Labute approximate surface area is 188 Å². The third-order valence-corrected chi connectivity index (χ3v) is 7.61. The summed E-state index contributed by atoms with van der Waals surface area (Å²) in [5, 5.41) is 12.4. The molecule has 7 heteroatoms. The summed E-state index contributed by atoms with van der Waals surface area (Å²) in [6.45, 7) is 1.90. The Hall–Kier alpha value is -1.87. The molecule has 0 bridgehead atoms. The van der Waals surface area contributed by atoms with E-state index in [0.717, 1.165) is 5.56 Å². The summed E-state index contributed by atoms with van der Waals surface area (Å²) in [6, 6.07) is 20.4. The largest absolute Gasteiger partial charge is 0.374 e. The number of halogens is 2. The number of benzene rings is 3. The third-order valence-electron chi connectivity index (χ3n) is 5.03.